The third kappa shape index (κ3) is 4.48. The number of likely N-dealkylation sites (tertiary alicyclic amines) is 1. The Balaban J connectivity index is 1.51. The van der Waals surface area contributed by atoms with Crippen molar-refractivity contribution in [2.45, 2.75) is 31.7 Å². The van der Waals surface area contributed by atoms with E-state index in [2.05, 4.69) is 14.8 Å². The number of nitrogens with zero attached hydrogens (tertiary/aromatic N) is 4. The molecule has 7 heteroatoms. The molecule has 0 amide bonds. The third-order valence-electron chi connectivity index (χ3n) is 6.34. The zero-order valence-electron chi connectivity index (χ0n) is 17.8. The van der Waals surface area contributed by atoms with Gasteiger partial charge in [0.1, 0.15) is 5.82 Å². The van der Waals surface area contributed by atoms with Crippen LogP contribution in [0.15, 0.2) is 36.4 Å². The topological polar surface area (TPSA) is 32.3 Å². The lowest BCUT2D eigenvalue weighted by Gasteiger charge is -2.30. The molecule has 166 valence electrons. The molecule has 3 heterocycles. The molecular weight excluding hydrogens is 430 g/mol. The van der Waals surface area contributed by atoms with Crippen LogP contribution in [0, 0.1) is 11.6 Å². The first kappa shape index (κ1) is 21.3. The van der Waals surface area contributed by atoms with Crippen molar-refractivity contribution in [3.63, 3.8) is 0 Å². The Labute approximate surface area is 191 Å². The first-order chi connectivity index (χ1) is 15.6. The van der Waals surface area contributed by atoms with Gasteiger partial charge in [-0.2, -0.15) is 0 Å². The Bertz CT molecular complexity index is 1160. The first-order valence-corrected chi connectivity index (χ1v) is 11.5. The van der Waals surface area contributed by atoms with E-state index in [-0.39, 0.29) is 0 Å². The van der Waals surface area contributed by atoms with Gasteiger partial charge in [0, 0.05) is 29.5 Å². The summed E-state index contributed by atoms with van der Waals surface area (Å²) >= 11 is 6.32. The fourth-order valence-electron chi connectivity index (χ4n) is 4.75. The summed E-state index contributed by atoms with van der Waals surface area (Å²) in [5, 5.41) is 1.60. The van der Waals surface area contributed by atoms with Gasteiger partial charge in [-0.3, -0.25) is 0 Å². The van der Waals surface area contributed by atoms with E-state index in [0.717, 1.165) is 48.7 Å². The molecule has 2 aromatic carbocycles. The molecule has 0 spiro atoms. The average molecular weight is 455 g/mol. The maximum Gasteiger partial charge on any atom is 0.159 e. The van der Waals surface area contributed by atoms with Gasteiger partial charge in [0.15, 0.2) is 17.5 Å². The summed E-state index contributed by atoms with van der Waals surface area (Å²) in [5.41, 5.74) is 1.37. The zero-order valence-corrected chi connectivity index (χ0v) is 18.5. The van der Waals surface area contributed by atoms with Crippen molar-refractivity contribution >= 4 is 40.5 Å². The molecule has 0 unspecified atom stereocenters. The molecule has 1 aromatic heterocycles. The van der Waals surface area contributed by atoms with Gasteiger partial charge < -0.3 is 9.80 Å². The molecule has 0 radical (unpaired) electrons. The standard InChI is InChI=1S/C25H25ClF2N4/c26-18-7-9-23-20(15-18)25(32-13-3-4-19(32)16-31-11-1-2-12-31)30-24(29-23)10-6-17-5-8-21(27)22(28)14-17/h5-10,14-15,19H,1-4,11-13,16H2/t19-/m1/s1. The summed E-state index contributed by atoms with van der Waals surface area (Å²) in [7, 11) is 0. The summed E-state index contributed by atoms with van der Waals surface area (Å²) in [6, 6.07) is 9.90. The van der Waals surface area contributed by atoms with Crippen LogP contribution >= 0.6 is 11.6 Å². The predicted octanol–water partition coefficient (Wildman–Crippen LogP) is 5.80. The molecule has 0 N–H and O–H groups in total. The number of anilines is 1. The lowest BCUT2D eigenvalue weighted by atomic mass is 10.1. The predicted molar refractivity (Wildman–Crippen MR) is 126 cm³/mol. The quantitative estimate of drug-likeness (QED) is 0.488. The highest BCUT2D eigenvalue weighted by Crippen LogP contribution is 2.33. The minimum atomic E-state index is -0.872. The molecular formula is C25H25ClF2N4. The molecule has 1 atom stereocenters. The van der Waals surface area contributed by atoms with Crippen molar-refractivity contribution in [2.75, 3.05) is 31.1 Å². The van der Waals surface area contributed by atoms with Crippen LogP contribution in [0.25, 0.3) is 23.1 Å². The average Bonchev–Trinajstić information content (AvgIpc) is 3.47. The Morgan fingerprint density at radius 3 is 2.59 bits per heavy atom. The highest BCUT2D eigenvalue weighted by Gasteiger charge is 2.30. The molecule has 0 bridgehead atoms. The molecule has 5 rings (SSSR count). The van der Waals surface area contributed by atoms with E-state index in [1.807, 2.05) is 18.2 Å². The fourth-order valence-corrected chi connectivity index (χ4v) is 4.92. The minimum Gasteiger partial charge on any atom is -0.352 e. The van der Waals surface area contributed by atoms with Gasteiger partial charge in [0.2, 0.25) is 0 Å². The van der Waals surface area contributed by atoms with Gasteiger partial charge in [-0.05, 0) is 80.7 Å². The smallest absolute Gasteiger partial charge is 0.159 e. The maximum absolute atomic E-state index is 13.6. The Morgan fingerprint density at radius 2 is 1.78 bits per heavy atom. The molecule has 2 aliphatic rings. The number of hydrogen-bond acceptors (Lipinski definition) is 4. The summed E-state index contributed by atoms with van der Waals surface area (Å²) in [5.74, 6) is -0.305. The number of hydrogen-bond donors (Lipinski definition) is 0. The van der Waals surface area contributed by atoms with Gasteiger partial charge in [-0.25, -0.2) is 18.7 Å². The monoisotopic (exact) mass is 454 g/mol. The molecule has 32 heavy (non-hydrogen) atoms. The largest absolute Gasteiger partial charge is 0.352 e. The number of rotatable bonds is 5. The third-order valence-corrected chi connectivity index (χ3v) is 6.58. The van der Waals surface area contributed by atoms with Crippen molar-refractivity contribution in [2.24, 2.45) is 0 Å². The summed E-state index contributed by atoms with van der Waals surface area (Å²) < 4.78 is 26.8. The Hall–Kier alpha value is -2.57. The fraction of sp³-hybridized carbons (Fsp3) is 0.360. The van der Waals surface area contributed by atoms with Crippen LogP contribution in [0.3, 0.4) is 0 Å². The second kappa shape index (κ2) is 9.12. The molecule has 3 aromatic rings. The molecule has 2 fully saturated rings. The van der Waals surface area contributed by atoms with Gasteiger partial charge in [-0.15, -0.1) is 0 Å². The number of benzene rings is 2. The number of aromatic nitrogens is 2. The molecule has 2 aliphatic heterocycles. The second-order valence-electron chi connectivity index (χ2n) is 8.57. The van der Waals surface area contributed by atoms with Crippen LogP contribution in [-0.4, -0.2) is 47.1 Å². The summed E-state index contributed by atoms with van der Waals surface area (Å²) in [4.78, 5) is 14.5. The van der Waals surface area contributed by atoms with Crippen LogP contribution in [0.1, 0.15) is 37.1 Å². The van der Waals surface area contributed by atoms with Crippen molar-refractivity contribution < 1.29 is 8.78 Å². The van der Waals surface area contributed by atoms with Crippen LogP contribution < -0.4 is 4.90 Å². The summed E-state index contributed by atoms with van der Waals surface area (Å²) in [6.45, 7) is 4.33. The normalized spacial score (nSPS) is 19.6. The highest BCUT2D eigenvalue weighted by atomic mass is 35.5. The van der Waals surface area contributed by atoms with Crippen LogP contribution in [-0.2, 0) is 0 Å². The van der Waals surface area contributed by atoms with Crippen molar-refractivity contribution in [3.05, 3.63) is 64.4 Å². The second-order valence-corrected chi connectivity index (χ2v) is 9.01. The van der Waals surface area contributed by atoms with Crippen molar-refractivity contribution in [1.82, 2.24) is 14.9 Å². The molecule has 4 nitrogen and oxygen atoms in total. The van der Waals surface area contributed by atoms with Crippen molar-refractivity contribution in [1.29, 1.82) is 0 Å². The number of fused-ring (bicyclic) bond motifs is 1. The van der Waals surface area contributed by atoms with Crippen LogP contribution in [0.5, 0.6) is 0 Å². The Morgan fingerprint density at radius 1 is 0.938 bits per heavy atom. The number of halogens is 3. The SMILES string of the molecule is Fc1ccc(C=Cc2nc(N3CCC[C@@H]3CN3CCCC3)c3cc(Cl)ccc3n2)cc1F. The van der Waals surface area contributed by atoms with E-state index >= 15 is 0 Å². The lowest BCUT2D eigenvalue weighted by Crippen LogP contribution is -2.40. The maximum atomic E-state index is 13.6. The van der Waals surface area contributed by atoms with E-state index in [1.54, 1.807) is 12.2 Å². The minimum absolute atomic E-state index is 0.410. The molecule has 0 saturated carbocycles. The van der Waals surface area contributed by atoms with Crippen LogP contribution in [0.4, 0.5) is 14.6 Å². The van der Waals surface area contributed by atoms with E-state index < -0.39 is 11.6 Å². The highest BCUT2D eigenvalue weighted by molar-refractivity contribution is 6.31. The van der Waals surface area contributed by atoms with E-state index in [9.17, 15) is 8.78 Å². The van der Waals surface area contributed by atoms with E-state index in [4.69, 9.17) is 16.6 Å². The summed E-state index contributed by atoms with van der Waals surface area (Å²) in [6.07, 6.45) is 8.27. The lowest BCUT2D eigenvalue weighted by molar-refractivity contribution is 0.313. The first-order valence-electron chi connectivity index (χ1n) is 11.2. The zero-order chi connectivity index (χ0) is 22.1. The molecule has 2 saturated heterocycles. The van der Waals surface area contributed by atoms with Crippen LogP contribution in [0.2, 0.25) is 5.02 Å². The van der Waals surface area contributed by atoms with E-state index in [1.165, 1.54) is 38.1 Å². The van der Waals surface area contributed by atoms with Gasteiger partial charge in [0.05, 0.1) is 5.52 Å². The van der Waals surface area contributed by atoms with Gasteiger partial charge >= 0.3 is 0 Å². The van der Waals surface area contributed by atoms with Crippen molar-refractivity contribution in [3.8, 4) is 0 Å². The van der Waals surface area contributed by atoms with Gasteiger partial charge in [0.25, 0.3) is 0 Å². The van der Waals surface area contributed by atoms with E-state index in [0.29, 0.717) is 22.5 Å². The molecule has 0 aliphatic carbocycles. The van der Waals surface area contributed by atoms with Gasteiger partial charge in [-0.1, -0.05) is 23.7 Å². The Kier molecular flexibility index (Phi) is 6.07.